The van der Waals surface area contributed by atoms with Crippen molar-refractivity contribution in [2.75, 3.05) is 0 Å². The van der Waals surface area contributed by atoms with Gasteiger partial charge in [0.15, 0.2) is 0 Å². The molecule has 1 aromatic rings. The van der Waals surface area contributed by atoms with Gasteiger partial charge in [-0.05, 0) is 37.6 Å². The van der Waals surface area contributed by atoms with Crippen molar-refractivity contribution in [3.8, 4) is 11.5 Å². The second-order valence-corrected chi connectivity index (χ2v) is 3.58. The number of rotatable bonds is 4. The van der Waals surface area contributed by atoms with Crippen molar-refractivity contribution in [1.82, 2.24) is 0 Å². The van der Waals surface area contributed by atoms with Crippen LogP contribution in [-0.4, -0.2) is 12.5 Å². The fraction of sp³-hybridized carbons (Fsp3) is 0.333. The molecule has 0 aliphatic rings. The van der Waals surface area contributed by atoms with Crippen LogP contribution in [0.3, 0.4) is 0 Å². The van der Waals surface area contributed by atoms with Gasteiger partial charge in [-0.2, -0.15) is 0 Å². The first kappa shape index (κ1) is 13.4. The molecular weight excluding hydrogens is 233 g/mol. The van der Waals surface area contributed by atoms with Crippen molar-refractivity contribution in [3.05, 3.63) is 36.4 Å². The number of alkyl halides is 3. The quantitative estimate of drug-likeness (QED) is 0.805. The van der Waals surface area contributed by atoms with Crippen LogP contribution in [0.5, 0.6) is 11.5 Å². The molecule has 0 atom stereocenters. The van der Waals surface area contributed by atoms with E-state index in [1.54, 1.807) is 13.8 Å². The number of halogens is 3. The van der Waals surface area contributed by atoms with E-state index in [0.29, 0.717) is 5.56 Å². The molecule has 0 aliphatic carbocycles. The average molecular weight is 245 g/mol. The van der Waals surface area contributed by atoms with Crippen molar-refractivity contribution in [2.45, 2.75) is 26.3 Å². The second-order valence-electron chi connectivity index (χ2n) is 3.58. The van der Waals surface area contributed by atoms with Crippen molar-refractivity contribution in [3.63, 3.8) is 0 Å². The molecule has 1 aromatic carbocycles. The predicted molar refractivity (Wildman–Crippen MR) is 56.9 cm³/mol. The van der Waals surface area contributed by atoms with E-state index in [1.807, 2.05) is 0 Å². The van der Waals surface area contributed by atoms with Crippen molar-refractivity contribution < 1.29 is 22.6 Å². The lowest BCUT2D eigenvalue weighted by molar-refractivity contribution is -0.274. The molecule has 93 valence electrons. The summed E-state index contributed by atoms with van der Waals surface area (Å²) in [6.45, 7) is 6.92. The standard InChI is InChI=1S/C12H12F3O2/c1-4-9-5-10(16-8(2)3)7-11(6-9)17-12(13,14)15/h5-8H,1H2,2-3H3. The molecule has 0 spiro atoms. The van der Waals surface area contributed by atoms with Gasteiger partial charge in [0.1, 0.15) is 11.5 Å². The second kappa shape index (κ2) is 5.12. The zero-order chi connectivity index (χ0) is 13.1. The molecule has 0 fully saturated rings. The lowest BCUT2D eigenvalue weighted by Crippen LogP contribution is -2.17. The van der Waals surface area contributed by atoms with Gasteiger partial charge in [-0.1, -0.05) is 6.58 Å². The number of hydrogen-bond donors (Lipinski definition) is 0. The molecule has 0 aliphatic heterocycles. The summed E-state index contributed by atoms with van der Waals surface area (Å²) in [5.41, 5.74) is 0.377. The van der Waals surface area contributed by atoms with E-state index in [-0.39, 0.29) is 17.6 Å². The Labute approximate surface area is 97.7 Å². The molecule has 0 saturated heterocycles. The van der Waals surface area contributed by atoms with Crippen LogP contribution in [0.15, 0.2) is 24.8 Å². The Morgan fingerprint density at radius 1 is 1.18 bits per heavy atom. The summed E-state index contributed by atoms with van der Waals surface area (Å²) in [4.78, 5) is 0. The molecule has 0 saturated carbocycles. The lowest BCUT2D eigenvalue weighted by Gasteiger charge is -2.14. The van der Waals surface area contributed by atoms with E-state index in [4.69, 9.17) is 4.74 Å². The van der Waals surface area contributed by atoms with Crippen molar-refractivity contribution in [1.29, 1.82) is 0 Å². The molecule has 5 heteroatoms. The zero-order valence-corrected chi connectivity index (χ0v) is 9.47. The normalized spacial score (nSPS) is 11.4. The van der Waals surface area contributed by atoms with Crippen LogP contribution in [0.2, 0.25) is 0 Å². The molecule has 0 aromatic heterocycles. The highest BCUT2D eigenvalue weighted by atomic mass is 19.4. The molecule has 0 bridgehead atoms. The highest BCUT2D eigenvalue weighted by molar-refractivity contribution is 5.40. The molecular formula is C12H12F3O2. The molecule has 0 N–H and O–H groups in total. The Balaban J connectivity index is 3.01. The van der Waals surface area contributed by atoms with Gasteiger partial charge < -0.3 is 9.47 Å². The average Bonchev–Trinajstić information content (AvgIpc) is 2.13. The maximum Gasteiger partial charge on any atom is 0.573 e. The van der Waals surface area contributed by atoms with Crippen LogP contribution >= 0.6 is 0 Å². The van der Waals surface area contributed by atoms with Gasteiger partial charge in [0.2, 0.25) is 0 Å². The third-order valence-electron chi connectivity index (χ3n) is 1.69. The SMILES string of the molecule is C=[C]c1cc(OC(C)C)cc(OC(F)(F)F)c1. The van der Waals surface area contributed by atoms with E-state index in [1.165, 1.54) is 18.2 Å². The molecule has 1 radical (unpaired) electrons. The van der Waals surface area contributed by atoms with Crippen LogP contribution in [0.4, 0.5) is 13.2 Å². The van der Waals surface area contributed by atoms with E-state index < -0.39 is 6.36 Å². The Bertz CT molecular complexity index is 397. The van der Waals surface area contributed by atoms with Gasteiger partial charge >= 0.3 is 6.36 Å². The Hall–Kier alpha value is -1.65. The molecule has 17 heavy (non-hydrogen) atoms. The lowest BCUT2D eigenvalue weighted by atomic mass is 10.2. The Kier molecular flexibility index (Phi) is 4.04. The zero-order valence-electron chi connectivity index (χ0n) is 9.47. The van der Waals surface area contributed by atoms with E-state index >= 15 is 0 Å². The van der Waals surface area contributed by atoms with Gasteiger partial charge in [-0.25, -0.2) is 0 Å². The molecule has 0 amide bonds. The highest BCUT2D eigenvalue weighted by Gasteiger charge is 2.31. The first-order chi connectivity index (χ1) is 7.80. The summed E-state index contributed by atoms with van der Waals surface area (Å²) in [5, 5.41) is 0. The van der Waals surface area contributed by atoms with Crippen LogP contribution in [0, 0.1) is 6.08 Å². The first-order valence-corrected chi connectivity index (χ1v) is 4.91. The number of ether oxygens (including phenoxy) is 2. The smallest absolute Gasteiger partial charge is 0.491 e. The molecule has 0 unspecified atom stereocenters. The van der Waals surface area contributed by atoms with Gasteiger partial charge in [-0.3, -0.25) is 0 Å². The van der Waals surface area contributed by atoms with Gasteiger partial charge in [0, 0.05) is 6.07 Å². The third-order valence-corrected chi connectivity index (χ3v) is 1.69. The highest BCUT2D eigenvalue weighted by Crippen LogP contribution is 2.28. The summed E-state index contributed by atoms with van der Waals surface area (Å²) in [6, 6.07) is 3.90. The van der Waals surface area contributed by atoms with Gasteiger partial charge in [0.05, 0.1) is 6.10 Å². The van der Waals surface area contributed by atoms with Crippen LogP contribution in [-0.2, 0) is 0 Å². The minimum atomic E-state index is -4.73. The molecule has 0 heterocycles. The fourth-order valence-corrected chi connectivity index (χ4v) is 1.21. The monoisotopic (exact) mass is 245 g/mol. The minimum Gasteiger partial charge on any atom is -0.491 e. The maximum atomic E-state index is 12.1. The van der Waals surface area contributed by atoms with Gasteiger partial charge in [-0.15, -0.1) is 13.2 Å². The van der Waals surface area contributed by atoms with Crippen LogP contribution in [0.1, 0.15) is 19.4 Å². The Morgan fingerprint density at radius 3 is 2.24 bits per heavy atom. The van der Waals surface area contributed by atoms with Crippen LogP contribution < -0.4 is 9.47 Å². The van der Waals surface area contributed by atoms with Crippen molar-refractivity contribution >= 4 is 0 Å². The number of benzene rings is 1. The summed E-state index contributed by atoms with van der Waals surface area (Å²) < 4.78 is 45.3. The summed E-state index contributed by atoms with van der Waals surface area (Å²) in [5.74, 6) is -0.0605. The van der Waals surface area contributed by atoms with E-state index in [2.05, 4.69) is 17.4 Å². The molecule has 2 nitrogen and oxygen atoms in total. The largest absolute Gasteiger partial charge is 0.573 e. The summed E-state index contributed by atoms with van der Waals surface area (Å²) in [6.07, 6.45) is -2.38. The Morgan fingerprint density at radius 2 is 1.76 bits per heavy atom. The minimum absolute atomic E-state index is 0.145. The first-order valence-electron chi connectivity index (χ1n) is 4.91. The van der Waals surface area contributed by atoms with Crippen LogP contribution in [0.25, 0.3) is 0 Å². The maximum absolute atomic E-state index is 12.1. The van der Waals surface area contributed by atoms with Crippen molar-refractivity contribution in [2.24, 2.45) is 0 Å². The van der Waals surface area contributed by atoms with Gasteiger partial charge in [0.25, 0.3) is 0 Å². The van der Waals surface area contributed by atoms with E-state index in [9.17, 15) is 13.2 Å². The number of hydrogen-bond acceptors (Lipinski definition) is 2. The predicted octanol–water partition coefficient (Wildman–Crippen LogP) is 3.71. The summed E-state index contributed by atoms with van der Waals surface area (Å²) in [7, 11) is 0. The van der Waals surface area contributed by atoms with E-state index in [0.717, 1.165) is 0 Å². The molecule has 1 rings (SSSR count). The summed E-state index contributed by atoms with van der Waals surface area (Å²) >= 11 is 0. The third kappa shape index (κ3) is 4.80. The fourth-order valence-electron chi connectivity index (χ4n) is 1.21. The topological polar surface area (TPSA) is 18.5 Å².